The molecular weight excluding hydrogens is 412 g/mol. The number of amides is 2. The number of hydrogen-bond acceptors (Lipinski definition) is 4. The van der Waals surface area contributed by atoms with Gasteiger partial charge in [-0.05, 0) is 62.8 Å². The highest BCUT2D eigenvalue weighted by Crippen LogP contribution is 2.44. The summed E-state index contributed by atoms with van der Waals surface area (Å²) in [5, 5.41) is 16.0. The van der Waals surface area contributed by atoms with Crippen molar-refractivity contribution in [2.75, 3.05) is 5.32 Å². The van der Waals surface area contributed by atoms with E-state index in [0.29, 0.717) is 29.3 Å². The minimum atomic E-state index is -0.958. The van der Waals surface area contributed by atoms with Crippen LogP contribution in [-0.4, -0.2) is 28.9 Å². The van der Waals surface area contributed by atoms with E-state index in [0.717, 1.165) is 29.7 Å². The molecule has 1 heterocycles. The van der Waals surface area contributed by atoms with Crippen molar-refractivity contribution in [2.24, 2.45) is 23.2 Å². The number of carboxylic acids is 1. The molecule has 3 unspecified atom stereocenters. The fraction of sp³-hybridized carbons (Fsp3) is 0.625. The first kappa shape index (κ1) is 23.5. The molecule has 1 aromatic rings. The van der Waals surface area contributed by atoms with E-state index >= 15 is 0 Å². The molecule has 2 aliphatic carbocycles. The maximum absolute atomic E-state index is 13.1. The second-order valence-corrected chi connectivity index (χ2v) is 11.2. The molecule has 0 saturated heterocycles. The molecule has 2 amide bonds. The van der Waals surface area contributed by atoms with E-state index in [2.05, 4.69) is 31.4 Å². The van der Waals surface area contributed by atoms with Gasteiger partial charge in [-0.25, -0.2) is 0 Å². The molecule has 1 aromatic heterocycles. The minimum Gasteiger partial charge on any atom is -0.481 e. The molecular formula is C24H34N2O4S. The molecule has 3 atom stereocenters. The lowest BCUT2D eigenvalue weighted by atomic mass is 9.72. The Kier molecular flexibility index (Phi) is 6.94. The molecule has 170 valence electrons. The van der Waals surface area contributed by atoms with E-state index in [4.69, 9.17) is 0 Å². The Morgan fingerprint density at radius 3 is 2.35 bits per heavy atom. The summed E-state index contributed by atoms with van der Waals surface area (Å²) in [7, 11) is 0. The number of aliphatic carboxylic acids is 1. The van der Waals surface area contributed by atoms with Crippen molar-refractivity contribution in [1.82, 2.24) is 5.32 Å². The van der Waals surface area contributed by atoms with Gasteiger partial charge in [0, 0.05) is 10.9 Å². The maximum atomic E-state index is 13.1. The van der Waals surface area contributed by atoms with Crippen LogP contribution in [0.3, 0.4) is 0 Å². The van der Waals surface area contributed by atoms with Gasteiger partial charge >= 0.3 is 5.97 Å². The van der Waals surface area contributed by atoms with Crippen LogP contribution in [-0.2, 0) is 22.4 Å². The SMILES string of the molecule is CC(C)NC(=O)c1c(NC(=O)C2CC=CCC2C(=O)O)sc2c1CCC(C(C)(C)C)C2. The van der Waals surface area contributed by atoms with Gasteiger partial charge in [-0.15, -0.1) is 11.3 Å². The monoisotopic (exact) mass is 446 g/mol. The van der Waals surface area contributed by atoms with Crippen molar-refractivity contribution in [3.63, 3.8) is 0 Å². The Morgan fingerprint density at radius 2 is 1.77 bits per heavy atom. The number of carbonyl (C=O) groups excluding carboxylic acids is 2. The summed E-state index contributed by atoms with van der Waals surface area (Å²) in [6.07, 6.45) is 7.15. The maximum Gasteiger partial charge on any atom is 0.307 e. The van der Waals surface area contributed by atoms with Gasteiger partial charge in [0.25, 0.3) is 5.91 Å². The zero-order valence-corrected chi connectivity index (χ0v) is 19.9. The number of rotatable bonds is 5. The third-order valence-electron chi connectivity index (χ3n) is 6.46. The lowest BCUT2D eigenvalue weighted by Gasteiger charge is -2.33. The average molecular weight is 447 g/mol. The van der Waals surface area contributed by atoms with E-state index < -0.39 is 17.8 Å². The molecule has 0 aromatic carbocycles. The van der Waals surface area contributed by atoms with E-state index in [9.17, 15) is 19.5 Å². The smallest absolute Gasteiger partial charge is 0.307 e. The Bertz CT molecular complexity index is 894. The minimum absolute atomic E-state index is 0.0163. The molecule has 0 bridgehead atoms. The first-order valence-electron chi connectivity index (χ1n) is 11.1. The molecule has 6 nitrogen and oxygen atoms in total. The topological polar surface area (TPSA) is 95.5 Å². The Balaban J connectivity index is 1.93. The molecule has 7 heteroatoms. The second-order valence-electron chi connectivity index (χ2n) is 10.1. The molecule has 0 saturated carbocycles. The fourth-order valence-corrected chi connectivity index (χ4v) is 5.90. The van der Waals surface area contributed by atoms with Gasteiger partial charge in [0.05, 0.1) is 17.4 Å². The zero-order valence-electron chi connectivity index (χ0n) is 19.1. The van der Waals surface area contributed by atoms with Crippen LogP contribution in [0, 0.1) is 23.2 Å². The predicted molar refractivity (Wildman–Crippen MR) is 124 cm³/mol. The van der Waals surface area contributed by atoms with Crippen molar-refractivity contribution in [3.8, 4) is 0 Å². The van der Waals surface area contributed by atoms with E-state index in [1.807, 2.05) is 26.0 Å². The number of carboxylic acid groups (broad SMARTS) is 1. The summed E-state index contributed by atoms with van der Waals surface area (Å²) in [5.41, 5.74) is 1.78. The van der Waals surface area contributed by atoms with Crippen molar-refractivity contribution in [2.45, 2.75) is 72.8 Å². The summed E-state index contributed by atoms with van der Waals surface area (Å²) in [5.74, 6) is -2.30. The van der Waals surface area contributed by atoms with Crippen LogP contribution in [0.1, 0.15) is 74.7 Å². The summed E-state index contributed by atoms with van der Waals surface area (Å²) in [6, 6.07) is -0.0163. The highest BCUT2D eigenvalue weighted by molar-refractivity contribution is 7.17. The normalized spacial score (nSPS) is 23.4. The Labute approximate surface area is 188 Å². The number of allylic oxidation sites excluding steroid dienone is 2. The van der Waals surface area contributed by atoms with Gasteiger partial charge in [0.1, 0.15) is 5.00 Å². The molecule has 0 spiro atoms. The lowest BCUT2D eigenvalue weighted by molar-refractivity contribution is -0.146. The van der Waals surface area contributed by atoms with Gasteiger partial charge in [0.15, 0.2) is 0 Å². The van der Waals surface area contributed by atoms with Gasteiger partial charge in [-0.3, -0.25) is 14.4 Å². The third kappa shape index (κ3) is 5.20. The highest BCUT2D eigenvalue weighted by atomic mass is 32.1. The molecule has 3 N–H and O–H groups in total. The molecule has 31 heavy (non-hydrogen) atoms. The molecule has 0 aliphatic heterocycles. The van der Waals surface area contributed by atoms with Crippen molar-refractivity contribution in [1.29, 1.82) is 0 Å². The van der Waals surface area contributed by atoms with Crippen LogP contribution in [0.2, 0.25) is 0 Å². The number of nitrogens with one attached hydrogen (secondary N) is 2. The quantitative estimate of drug-likeness (QED) is 0.574. The van der Waals surface area contributed by atoms with Crippen molar-refractivity contribution < 1.29 is 19.5 Å². The number of carbonyl (C=O) groups is 3. The fourth-order valence-electron chi connectivity index (χ4n) is 4.57. The number of fused-ring (bicyclic) bond motifs is 1. The second kappa shape index (κ2) is 9.15. The van der Waals surface area contributed by atoms with E-state index in [-0.39, 0.29) is 23.3 Å². The Morgan fingerprint density at radius 1 is 1.13 bits per heavy atom. The lowest BCUT2D eigenvalue weighted by Crippen LogP contribution is -2.35. The average Bonchev–Trinajstić information content (AvgIpc) is 3.03. The number of thiophene rings is 1. The van der Waals surface area contributed by atoms with Crippen LogP contribution in [0.5, 0.6) is 0 Å². The first-order valence-corrected chi connectivity index (χ1v) is 11.9. The molecule has 3 rings (SSSR count). The number of hydrogen-bond donors (Lipinski definition) is 3. The van der Waals surface area contributed by atoms with E-state index in [1.54, 1.807) is 0 Å². The zero-order chi connectivity index (χ0) is 22.9. The standard InChI is InChI=1S/C24H34N2O4S/c1-13(2)25-21(28)19-17-11-10-14(24(3,4)5)12-18(17)31-22(19)26-20(27)15-8-6-7-9-16(15)23(29)30/h6-7,13-16H,8-12H2,1-5H3,(H,25,28)(H,26,27)(H,29,30). The summed E-state index contributed by atoms with van der Waals surface area (Å²) in [6.45, 7) is 10.6. The van der Waals surface area contributed by atoms with Gasteiger partial charge < -0.3 is 15.7 Å². The highest BCUT2D eigenvalue weighted by Gasteiger charge is 2.37. The Hall–Kier alpha value is -2.15. The van der Waals surface area contributed by atoms with Crippen LogP contribution < -0.4 is 10.6 Å². The van der Waals surface area contributed by atoms with Gasteiger partial charge in [-0.1, -0.05) is 32.9 Å². The van der Waals surface area contributed by atoms with E-state index in [1.165, 1.54) is 11.3 Å². The molecule has 0 fully saturated rings. The van der Waals surface area contributed by atoms with Crippen LogP contribution in [0.15, 0.2) is 12.2 Å². The summed E-state index contributed by atoms with van der Waals surface area (Å²) >= 11 is 1.48. The number of anilines is 1. The largest absolute Gasteiger partial charge is 0.481 e. The van der Waals surface area contributed by atoms with Crippen molar-refractivity contribution >= 4 is 34.1 Å². The van der Waals surface area contributed by atoms with Crippen LogP contribution >= 0.6 is 11.3 Å². The van der Waals surface area contributed by atoms with Crippen LogP contribution in [0.4, 0.5) is 5.00 Å². The predicted octanol–water partition coefficient (Wildman–Crippen LogP) is 4.64. The van der Waals surface area contributed by atoms with Gasteiger partial charge in [0.2, 0.25) is 5.91 Å². The first-order chi connectivity index (χ1) is 14.5. The van der Waals surface area contributed by atoms with Gasteiger partial charge in [-0.2, -0.15) is 0 Å². The third-order valence-corrected chi connectivity index (χ3v) is 7.63. The summed E-state index contributed by atoms with van der Waals surface area (Å²) < 4.78 is 0. The molecule has 0 radical (unpaired) electrons. The molecule has 2 aliphatic rings. The summed E-state index contributed by atoms with van der Waals surface area (Å²) in [4.78, 5) is 38.9. The van der Waals surface area contributed by atoms with Crippen molar-refractivity contribution in [3.05, 3.63) is 28.2 Å². The van der Waals surface area contributed by atoms with Crippen LogP contribution in [0.25, 0.3) is 0 Å².